The van der Waals surface area contributed by atoms with E-state index in [0.29, 0.717) is 5.56 Å². The molecule has 3 rings (SSSR count). The average molecular weight is 351 g/mol. The van der Waals surface area contributed by atoms with Crippen LogP contribution in [0.25, 0.3) is 0 Å². The third kappa shape index (κ3) is 4.70. The van der Waals surface area contributed by atoms with Gasteiger partial charge in [0.05, 0.1) is 6.04 Å². The van der Waals surface area contributed by atoms with Gasteiger partial charge in [-0.25, -0.2) is 0 Å². The van der Waals surface area contributed by atoms with Crippen LogP contribution in [0.1, 0.15) is 41.7 Å². The third-order valence-corrected chi connectivity index (χ3v) is 4.75. The van der Waals surface area contributed by atoms with Gasteiger partial charge < -0.3 is 16.0 Å². The van der Waals surface area contributed by atoms with Crippen LogP contribution in [-0.2, 0) is 4.79 Å². The Labute approximate surface area is 154 Å². The summed E-state index contributed by atoms with van der Waals surface area (Å²) in [5, 5.41) is 9.28. The number of hydrogen-bond acceptors (Lipinski definition) is 3. The first kappa shape index (κ1) is 18.1. The summed E-state index contributed by atoms with van der Waals surface area (Å²) in [7, 11) is 0. The number of carbonyl (C=O) groups excluding carboxylic acids is 2. The average Bonchev–Trinajstić information content (AvgIpc) is 2.69. The Kier molecular flexibility index (Phi) is 6.02. The van der Waals surface area contributed by atoms with Gasteiger partial charge >= 0.3 is 0 Å². The van der Waals surface area contributed by atoms with E-state index < -0.39 is 0 Å². The number of benzene rings is 2. The lowest BCUT2D eigenvalue weighted by Gasteiger charge is -2.24. The Morgan fingerprint density at radius 3 is 2.50 bits per heavy atom. The van der Waals surface area contributed by atoms with E-state index in [9.17, 15) is 9.59 Å². The van der Waals surface area contributed by atoms with Crippen molar-refractivity contribution < 1.29 is 9.59 Å². The Morgan fingerprint density at radius 1 is 1.04 bits per heavy atom. The van der Waals surface area contributed by atoms with E-state index in [1.807, 2.05) is 49.4 Å². The first-order valence-electron chi connectivity index (χ1n) is 9.11. The van der Waals surface area contributed by atoms with Gasteiger partial charge in [-0.15, -0.1) is 0 Å². The van der Waals surface area contributed by atoms with Crippen molar-refractivity contribution in [2.45, 2.75) is 25.8 Å². The monoisotopic (exact) mass is 351 g/mol. The highest BCUT2D eigenvalue weighted by Gasteiger charge is 2.22. The molecule has 2 aromatic carbocycles. The normalized spacial score (nSPS) is 15.9. The molecule has 1 unspecified atom stereocenters. The summed E-state index contributed by atoms with van der Waals surface area (Å²) in [5.41, 5.74) is 2.31. The molecule has 0 saturated carbocycles. The van der Waals surface area contributed by atoms with E-state index in [1.54, 1.807) is 12.1 Å². The maximum atomic E-state index is 12.4. The van der Waals surface area contributed by atoms with Crippen LogP contribution in [0.2, 0.25) is 0 Å². The zero-order chi connectivity index (χ0) is 18.4. The number of carbonyl (C=O) groups is 2. The third-order valence-electron chi connectivity index (χ3n) is 4.75. The molecule has 5 nitrogen and oxygen atoms in total. The topological polar surface area (TPSA) is 70.2 Å². The standard InChI is InChI=1S/C21H25N3O2/c1-15(23-20(25)17-10-12-22-13-11-17)18-8-5-9-19(14-18)24-21(26)16-6-3-2-4-7-16/h2-9,14-15,17,22H,10-13H2,1H3,(H,23,25)(H,24,26). The molecular weight excluding hydrogens is 326 g/mol. The second-order valence-corrected chi connectivity index (χ2v) is 6.70. The molecule has 136 valence electrons. The molecular formula is C21H25N3O2. The van der Waals surface area contributed by atoms with Crippen molar-refractivity contribution in [3.05, 3.63) is 65.7 Å². The van der Waals surface area contributed by atoms with Crippen LogP contribution >= 0.6 is 0 Å². The van der Waals surface area contributed by atoms with Gasteiger partial charge in [0.15, 0.2) is 0 Å². The predicted octanol–water partition coefficient (Wildman–Crippen LogP) is 3.12. The molecule has 0 radical (unpaired) electrons. The van der Waals surface area contributed by atoms with Crippen molar-refractivity contribution in [1.82, 2.24) is 10.6 Å². The Bertz CT molecular complexity index is 755. The molecule has 0 bridgehead atoms. The zero-order valence-electron chi connectivity index (χ0n) is 15.0. The van der Waals surface area contributed by atoms with E-state index >= 15 is 0 Å². The van der Waals surface area contributed by atoms with Gasteiger partial charge in [-0.1, -0.05) is 30.3 Å². The van der Waals surface area contributed by atoms with Crippen LogP contribution in [0.3, 0.4) is 0 Å². The smallest absolute Gasteiger partial charge is 0.255 e. The minimum absolute atomic E-state index is 0.0830. The summed E-state index contributed by atoms with van der Waals surface area (Å²) in [6.45, 7) is 3.76. The fourth-order valence-corrected chi connectivity index (χ4v) is 3.18. The summed E-state index contributed by atoms with van der Waals surface area (Å²) in [5.74, 6) is 0.0477. The predicted molar refractivity (Wildman–Crippen MR) is 103 cm³/mol. The molecule has 3 N–H and O–H groups in total. The lowest BCUT2D eigenvalue weighted by Crippen LogP contribution is -2.39. The van der Waals surface area contributed by atoms with Crippen LogP contribution < -0.4 is 16.0 Å². The molecule has 0 aliphatic carbocycles. The molecule has 1 aliphatic heterocycles. The van der Waals surface area contributed by atoms with Crippen molar-refractivity contribution in [2.75, 3.05) is 18.4 Å². The largest absolute Gasteiger partial charge is 0.349 e. The molecule has 26 heavy (non-hydrogen) atoms. The molecule has 2 aromatic rings. The Hall–Kier alpha value is -2.66. The molecule has 1 fully saturated rings. The van der Waals surface area contributed by atoms with Crippen LogP contribution in [0.4, 0.5) is 5.69 Å². The molecule has 0 aromatic heterocycles. The SMILES string of the molecule is CC(NC(=O)C1CCNCC1)c1cccc(NC(=O)c2ccccc2)c1. The van der Waals surface area contributed by atoms with Crippen molar-refractivity contribution >= 4 is 17.5 Å². The van der Waals surface area contributed by atoms with Crippen LogP contribution in [0.15, 0.2) is 54.6 Å². The quantitative estimate of drug-likeness (QED) is 0.775. The van der Waals surface area contributed by atoms with E-state index in [0.717, 1.165) is 37.2 Å². The number of amides is 2. The summed E-state index contributed by atoms with van der Waals surface area (Å²) in [6, 6.07) is 16.6. The first-order chi connectivity index (χ1) is 12.6. The number of piperidine rings is 1. The maximum Gasteiger partial charge on any atom is 0.255 e. The van der Waals surface area contributed by atoms with Crippen LogP contribution in [-0.4, -0.2) is 24.9 Å². The molecule has 1 atom stereocenters. The number of rotatable bonds is 5. The van der Waals surface area contributed by atoms with E-state index in [4.69, 9.17) is 0 Å². The minimum atomic E-state index is -0.144. The lowest BCUT2D eigenvalue weighted by atomic mass is 9.96. The zero-order valence-corrected chi connectivity index (χ0v) is 15.0. The maximum absolute atomic E-state index is 12.4. The molecule has 5 heteroatoms. The highest BCUT2D eigenvalue weighted by molar-refractivity contribution is 6.04. The molecule has 1 aliphatic rings. The van der Waals surface area contributed by atoms with Crippen LogP contribution in [0.5, 0.6) is 0 Å². The first-order valence-corrected chi connectivity index (χ1v) is 9.11. The van der Waals surface area contributed by atoms with Gasteiger partial charge in [0.2, 0.25) is 5.91 Å². The fourth-order valence-electron chi connectivity index (χ4n) is 3.18. The van der Waals surface area contributed by atoms with Crippen molar-refractivity contribution in [3.63, 3.8) is 0 Å². The number of nitrogens with one attached hydrogen (secondary N) is 3. The summed E-state index contributed by atoms with van der Waals surface area (Å²) < 4.78 is 0. The van der Waals surface area contributed by atoms with Crippen molar-refractivity contribution in [1.29, 1.82) is 0 Å². The molecule has 1 heterocycles. The second-order valence-electron chi connectivity index (χ2n) is 6.70. The minimum Gasteiger partial charge on any atom is -0.349 e. The molecule has 1 saturated heterocycles. The van der Waals surface area contributed by atoms with Gasteiger partial charge in [0, 0.05) is 17.2 Å². The fraction of sp³-hybridized carbons (Fsp3) is 0.333. The van der Waals surface area contributed by atoms with E-state index in [-0.39, 0.29) is 23.8 Å². The summed E-state index contributed by atoms with van der Waals surface area (Å²) in [6.07, 6.45) is 1.76. The molecule has 2 amide bonds. The van der Waals surface area contributed by atoms with Gasteiger partial charge in [0.25, 0.3) is 5.91 Å². The highest BCUT2D eigenvalue weighted by atomic mass is 16.2. The Morgan fingerprint density at radius 2 is 1.77 bits per heavy atom. The van der Waals surface area contributed by atoms with Gasteiger partial charge in [-0.05, 0) is 62.7 Å². The highest BCUT2D eigenvalue weighted by Crippen LogP contribution is 2.20. The van der Waals surface area contributed by atoms with Crippen LogP contribution in [0, 0.1) is 5.92 Å². The summed E-state index contributed by atoms with van der Waals surface area (Å²) in [4.78, 5) is 24.7. The number of hydrogen-bond donors (Lipinski definition) is 3. The van der Waals surface area contributed by atoms with Crippen molar-refractivity contribution in [3.8, 4) is 0 Å². The van der Waals surface area contributed by atoms with Gasteiger partial charge in [0.1, 0.15) is 0 Å². The summed E-state index contributed by atoms with van der Waals surface area (Å²) >= 11 is 0. The second kappa shape index (κ2) is 8.63. The van der Waals surface area contributed by atoms with Gasteiger partial charge in [-0.3, -0.25) is 9.59 Å². The van der Waals surface area contributed by atoms with E-state index in [2.05, 4.69) is 16.0 Å². The Balaban J connectivity index is 1.62. The number of anilines is 1. The van der Waals surface area contributed by atoms with E-state index in [1.165, 1.54) is 0 Å². The van der Waals surface area contributed by atoms with Crippen molar-refractivity contribution in [2.24, 2.45) is 5.92 Å². The van der Waals surface area contributed by atoms with Gasteiger partial charge in [-0.2, -0.15) is 0 Å². The molecule has 0 spiro atoms. The lowest BCUT2D eigenvalue weighted by molar-refractivity contribution is -0.126.